The molecule has 0 aliphatic rings. The highest BCUT2D eigenvalue weighted by atomic mass is 32.2. The number of sulfonamides is 1. The maximum Gasteiger partial charge on any atom is 0.326 e. The second-order valence-electron chi connectivity index (χ2n) is 4.28. The largest absolute Gasteiger partial charge is 0.480 e. The van der Waals surface area contributed by atoms with Crippen LogP contribution in [-0.2, 0) is 14.8 Å². The summed E-state index contributed by atoms with van der Waals surface area (Å²) in [4.78, 5) is 23.1. The smallest absolute Gasteiger partial charge is 0.326 e. The van der Waals surface area contributed by atoms with E-state index < -0.39 is 27.9 Å². The van der Waals surface area contributed by atoms with Gasteiger partial charge in [-0.2, -0.15) is 0 Å². The molecule has 1 unspecified atom stereocenters. The van der Waals surface area contributed by atoms with Gasteiger partial charge in [-0.15, -0.1) is 11.3 Å². The molecule has 112 valence electrons. The molecule has 1 aromatic heterocycles. The van der Waals surface area contributed by atoms with Crippen LogP contribution < -0.4 is 10.5 Å². The molecule has 1 heterocycles. The molecule has 7 nitrogen and oxygen atoms in total. The standard InChI is InChI=1S/C11H16N2O5S2/c1-3-4-7(11(15)16)13-10(14)9-6(2)5-8(19-9)20(12,17)18/h5,7H,3-4H2,1-2H3,(H,13,14)(H,15,16)(H2,12,17,18). The summed E-state index contributed by atoms with van der Waals surface area (Å²) in [6.07, 6.45) is 0.899. The average molecular weight is 320 g/mol. The van der Waals surface area contributed by atoms with E-state index in [-0.39, 0.29) is 9.09 Å². The van der Waals surface area contributed by atoms with Gasteiger partial charge in [-0.3, -0.25) is 4.79 Å². The van der Waals surface area contributed by atoms with Crippen LogP contribution in [0.4, 0.5) is 0 Å². The lowest BCUT2D eigenvalue weighted by molar-refractivity contribution is -0.139. The molecule has 20 heavy (non-hydrogen) atoms. The number of carboxylic acids is 1. The first-order chi connectivity index (χ1) is 9.16. The summed E-state index contributed by atoms with van der Waals surface area (Å²) < 4.78 is 22.3. The van der Waals surface area contributed by atoms with E-state index >= 15 is 0 Å². The van der Waals surface area contributed by atoms with Crippen molar-refractivity contribution >= 4 is 33.2 Å². The predicted molar refractivity (Wildman–Crippen MR) is 74.2 cm³/mol. The highest BCUT2D eigenvalue weighted by molar-refractivity contribution is 7.91. The maximum atomic E-state index is 12.0. The van der Waals surface area contributed by atoms with E-state index in [0.717, 1.165) is 11.3 Å². The third-order valence-electron chi connectivity index (χ3n) is 2.56. The fourth-order valence-corrected chi connectivity index (χ4v) is 3.45. The van der Waals surface area contributed by atoms with E-state index in [2.05, 4.69) is 5.32 Å². The number of hydrogen-bond donors (Lipinski definition) is 3. The van der Waals surface area contributed by atoms with Gasteiger partial charge < -0.3 is 10.4 Å². The Morgan fingerprint density at radius 3 is 2.50 bits per heavy atom. The Morgan fingerprint density at radius 2 is 2.10 bits per heavy atom. The van der Waals surface area contributed by atoms with Gasteiger partial charge in [0.2, 0.25) is 10.0 Å². The zero-order valence-electron chi connectivity index (χ0n) is 11.0. The number of carbonyl (C=O) groups excluding carboxylic acids is 1. The quantitative estimate of drug-likeness (QED) is 0.710. The molecule has 0 radical (unpaired) electrons. The summed E-state index contributed by atoms with van der Waals surface area (Å²) in [6, 6.07) is 0.303. The van der Waals surface area contributed by atoms with Crippen molar-refractivity contribution in [2.24, 2.45) is 5.14 Å². The van der Waals surface area contributed by atoms with Crippen LogP contribution in [0.3, 0.4) is 0 Å². The van der Waals surface area contributed by atoms with Crippen molar-refractivity contribution in [3.8, 4) is 0 Å². The summed E-state index contributed by atoms with van der Waals surface area (Å²) in [6.45, 7) is 3.37. The number of aliphatic carboxylic acids is 1. The number of nitrogens with two attached hydrogens (primary N) is 1. The van der Waals surface area contributed by atoms with Crippen LogP contribution in [0.1, 0.15) is 35.0 Å². The molecule has 9 heteroatoms. The van der Waals surface area contributed by atoms with Crippen molar-refractivity contribution in [2.45, 2.75) is 36.9 Å². The van der Waals surface area contributed by atoms with Crippen LogP contribution in [0.15, 0.2) is 10.3 Å². The Bertz CT molecular complexity index is 621. The van der Waals surface area contributed by atoms with Crippen LogP contribution in [0.2, 0.25) is 0 Å². The highest BCUT2D eigenvalue weighted by Crippen LogP contribution is 2.25. The SMILES string of the molecule is CCCC(NC(=O)c1sc(S(N)(=O)=O)cc1C)C(=O)O. The molecule has 0 aromatic carbocycles. The lowest BCUT2D eigenvalue weighted by atomic mass is 10.1. The number of thiophene rings is 1. The van der Waals surface area contributed by atoms with E-state index in [1.54, 1.807) is 13.8 Å². The molecular weight excluding hydrogens is 304 g/mol. The van der Waals surface area contributed by atoms with Gasteiger partial charge in [0, 0.05) is 0 Å². The fraction of sp³-hybridized carbons (Fsp3) is 0.455. The van der Waals surface area contributed by atoms with Gasteiger partial charge in [-0.25, -0.2) is 18.4 Å². The summed E-state index contributed by atoms with van der Waals surface area (Å²) in [5, 5.41) is 16.3. The summed E-state index contributed by atoms with van der Waals surface area (Å²) in [5.41, 5.74) is 0.442. The summed E-state index contributed by atoms with van der Waals surface area (Å²) in [7, 11) is -3.87. The van der Waals surface area contributed by atoms with Crippen molar-refractivity contribution in [2.75, 3.05) is 0 Å². The number of amides is 1. The van der Waals surface area contributed by atoms with Gasteiger partial charge in [0.1, 0.15) is 10.3 Å². The first-order valence-corrected chi connectivity index (χ1v) is 8.20. The van der Waals surface area contributed by atoms with Gasteiger partial charge in [0.05, 0.1) is 4.88 Å². The third-order valence-corrected chi connectivity index (χ3v) is 5.22. The normalized spacial score (nSPS) is 12.9. The second kappa shape index (κ2) is 6.33. The Morgan fingerprint density at radius 1 is 1.50 bits per heavy atom. The molecule has 4 N–H and O–H groups in total. The van der Waals surface area contributed by atoms with Gasteiger partial charge in [-0.05, 0) is 25.0 Å². The minimum Gasteiger partial charge on any atom is -0.480 e. The van der Waals surface area contributed by atoms with Crippen LogP contribution in [0, 0.1) is 6.92 Å². The first-order valence-electron chi connectivity index (χ1n) is 5.83. The van der Waals surface area contributed by atoms with Crippen molar-refractivity contribution < 1.29 is 23.1 Å². The van der Waals surface area contributed by atoms with Crippen LogP contribution >= 0.6 is 11.3 Å². The number of carboxylic acid groups (broad SMARTS) is 1. The van der Waals surface area contributed by atoms with Crippen LogP contribution in [0.25, 0.3) is 0 Å². The maximum absolute atomic E-state index is 12.0. The second-order valence-corrected chi connectivity index (χ2v) is 7.12. The Labute approximate surface area is 120 Å². The van der Waals surface area contributed by atoms with Crippen molar-refractivity contribution in [1.29, 1.82) is 0 Å². The van der Waals surface area contributed by atoms with Crippen LogP contribution in [0.5, 0.6) is 0 Å². The molecule has 1 rings (SSSR count). The number of hydrogen-bond acceptors (Lipinski definition) is 5. The van der Waals surface area contributed by atoms with Gasteiger partial charge >= 0.3 is 5.97 Å². The van der Waals surface area contributed by atoms with Crippen molar-refractivity contribution in [3.05, 3.63) is 16.5 Å². The monoisotopic (exact) mass is 320 g/mol. The summed E-state index contributed by atoms with van der Waals surface area (Å²) >= 11 is 0.728. The number of primary sulfonamides is 1. The average Bonchev–Trinajstić information content (AvgIpc) is 2.70. The number of carbonyl (C=O) groups is 2. The lowest BCUT2D eigenvalue weighted by Crippen LogP contribution is -2.40. The van der Waals surface area contributed by atoms with E-state index in [9.17, 15) is 18.0 Å². The van der Waals surface area contributed by atoms with E-state index in [4.69, 9.17) is 10.2 Å². The molecule has 0 bridgehead atoms. The molecule has 1 aromatic rings. The third kappa shape index (κ3) is 4.02. The number of nitrogens with one attached hydrogen (secondary N) is 1. The van der Waals surface area contributed by atoms with Gasteiger partial charge in [0.15, 0.2) is 0 Å². The minimum atomic E-state index is -3.87. The molecule has 0 aliphatic carbocycles. The lowest BCUT2D eigenvalue weighted by Gasteiger charge is -2.12. The van der Waals surface area contributed by atoms with Gasteiger partial charge in [-0.1, -0.05) is 13.3 Å². The van der Waals surface area contributed by atoms with Crippen molar-refractivity contribution in [3.63, 3.8) is 0 Å². The van der Waals surface area contributed by atoms with E-state index in [1.165, 1.54) is 6.07 Å². The Kier molecular flexibility index (Phi) is 5.26. The Balaban J connectivity index is 2.98. The Hall–Kier alpha value is -1.45. The predicted octanol–water partition coefficient (Wildman–Crippen LogP) is 0.687. The van der Waals surface area contributed by atoms with Gasteiger partial charge in [0.25, 0.3) is 5.91 Å². The first kappa shape index (κ1) is 16.6. The number of rotatable bonds is 6. The molecule has 0 saturated carbocycles. The molecule has 1 amide bonds. The molecular formula is C11H16N2O5S2. The number of aryl methyl sites for hydroxylation is 1. The van der Waals surface area contributed by atoms with E-state index in [1.807, 2.05) is 0 Å². The highest BCUT2D eigenvalue weighted by Gasteiger charge is 2.23. The zero-order chi connectivity index (χ0) is 15.5. The molecule has 0 saturated heterocycles. The molecule has 1 atom stereocenters. The minimum absolute atomic E-state index is 0.123. The molecule has 0 fully saturated rings. The fourth-order valence-electron chi connectivity index (χ4n) is 1.59. The topological polar surface area (TPSA) is 127 Å². The van der Waals surface area contributed by atoms with Crippen molar-refractivity contribution in [1.82, 2.24) is 5.32 Å². The van der Waals surface area contributed by atoms with E-state index in [0.29, 0.717) is 18.4 Å². The zero-order valence-corrected chi connectivity index (χ0v) is 12.7. The molecule has 0 aliphatic heterocycles. The van der Waals surface area contributed by atoms with Crippen LogP contribution in [-0.4, -0.2) is 31.4 Å². The summed E-state index contributed by atoms with van der Waals surface area (Å²) in [5.74, 6) is -1.73. The molecule has 0 spiro atoms.